The maximum absolute atomic E-state index is 11.3. The average molecular weight is 372 g/mol. The number of Topliss-reactive ketones (excluding diaryl/α,β-unsaturated/α-hetero) is 4. The predicted molar refractivity (Wildman–Crippen MR) is 52.7 cm³/mol. The summed E-state index contributed by atoms with van der Waals surface area (Å²) in [5.74, 6) is -5.52. The van der Waals surface area contributed by atoms with Crippen LogP contribution in [0.3, 0.4) is 0 Å². The molecule has 0 rings (SSSR count). The Balaban J connectivity index is -0.000000295. The van der Waals surface area contributed by atoms with Gasteiger partial charge >= 0.3 is 29.4 Å². The van der Waals surface area contributed by atoms with E-state index in [0.29, 0.717) is 0 Å². The number of hydrogen-bond acceptors (Lipinski definition) is 4. The fourth-order valence-corrected chi connectivity index (χ4v) is 0.653. The van der Waals surface area contributed by atoms with Crippen LogP contribution in [0.15, 0.2) is 0 Å². The Hall–Kier alpha value is -1.22. The molecule has 0 aliphatic rings. The van der Waals surface area contributed by atoms with E-state index in [1.165, 1.54) is 0 Å². The van der Waals surface area contributed by atoms with Crippen molar-refractivity contribution in [2.45, 2.75) is 39.0 Å². The van der Waals surface area contributed by atoms with E-state index in [1.54, 1.807) is 0 Å². The predicted octanol–water partition coefficient (Wildman–Crippen LogP) is 2.19. The van der Waals surface area contributed by atoms with Gasteiger partial charge in [-0.15, -0.1) is 0 Å². The van der Waals surface area contributed by atoms with Crippen LogP contribution < -0.4 is 0 Å². The number of rotatable bonds is 4. The summed E-state index contributed by atoms with van der Waals surface area (Å²) < 4.78 is 67.8. The van der Waals surface area contributed by atoms with Crippen LogP contribution in [0.25, 0.3) is 0 Å². The number of carbonyl (C=O) groups excluding carboxylic acids is 4. The van der Waals surface area contributed by atoms with Crippen LogP contribution in [0, 0.1) is 0 Å². The van der Waals surface area contributed by atoms with Gasteiger partial charge in [-0.3, -0.25) is 19.2 Å². The van der Waals surface area contributed by atoms with Crippen LogP contribution in [0.5, 0.6) is 0 Å². The second-order valence-corrected chi connectivity index (χ2v) is 3.60. The SMILES string of the molecule is CC(=O)CC(=O)C(F)(F)F.CC(=O)CC(=O)C(F)(F)F.[Cu+2]. The van der Waals surface area contributed by atoms with E-state index in [1.807, 2.05) is 0 Å². The molecule has 0 aromatic carbocycles. The molecule has 0 aliphatic heterocycles. The Morgan fingerprint density at radius 3 is 0.905 bits per heavy atom. The van der Waals surface area contributed by atoms with Crippen LogP contribution in [0.2, 0.25) is 0 Å². The van der Waals surface area contributed by atoms with Gasteiger partial charge in [0.2, 0.25) is 11.6 Å². The van der Waals surface area contributed by atoms with Crippen LogP contribution >= 0.6 is 0 Å². The zero-order valence-corrected chi connectivity index (χ0v) is 11.6. The van der Waals surface area contributed by atoms with Gasteiger partial charge in [0.15, 0.2) is 0 Å². The Bertz CT molecular complexity index is 361. The molecule has 0 unspecified atom stereocenters. The van der Waals surface area contributed by atoms with Crippen LogP contribution in [-0.2, 0) is 36.2 Å². The number of alkyl halides is 6. The van der Waals surface area contributed by atoms with Gasteiger partial charge in [-0.25, -0.2) is 0 Å². The molecule has 0 bridgehead atoms. The van der Waals surface area contributed by atoms with Gasteiger partial charge in [-0.1, -0.05) is 0 Å². The number of halogens is 6. The van der Waals surface area contributed by atoms with Gasteiger partial charge < -0.3 is 0 Å². The molecule has 0 N–H and O–H groups in total. The van der Waals surface area contributed by atoms with Crippen molar-refractivity contribution < 1.29 is 62.6 Å². The first-order valence-corrected chi connectivity index (χ1v) is 4.86. The summed E-state index contributed by atoms with van der Waals surface area (Å²) in [7, 11) is 0. The van der Waals surface area contributed by atoms with Gasteiger partial charge in [0.1, 0.15) is 11.6 Å². The van der Waals surface area contributed by atoms with Crippen molar-refractivity contribution in [2.75, 3.05) is 0 Å². The zero-order chi connectivity index (χ0) is 16.7. The number of ketones is 4. The molecule has 21 heavy (non-hydrogen) atoms. The van der Waals surface area contributed by atoms with Crippen molar-refractivity contribution in [3.05, 3.63) is 0 Å². The first-order valence-electron chi connectivity index (χ1n) is 4.86. The number of carbonyl (C=O) groups is 4. The Kier molecular flexibility index (Phi) is 11.4. The van der Waals surface area contributed by atoms with E-state index in [2.05, 4.69) is 0 Å². The van der Waals surface area contributed by atoms with E-state index < -0.39 is 48.3 Å². The second kappa shape index (κ2) is 9.67. The average Bonchev–Trinajstić information content (AvgIpc) is 2.13. The number of hydrogen-bond donors (Lipinski definition) is 0. The van der Waals surface area contributed by atoms with Crippen LogP contribution in [-0.4, -0.2) is 35.5 Å². The maximum atomic E-state index is 11.3. The summed E-state index contributed by atoms with van der Waals surface area (Å²) >= 11 is 0. The van der Waals surface area contributed by atoms with Crippen molar-refractivity contribution in [1.82, 2.24) is 0 Å². The minimum absolute atomic E-state index is 0. The molecule has 0 spiro atoms. The molecule has 0 heterocycles. The third-order valence-electron chi connectivity index (χ3n) is 1.45. The van der Waals surface area contributed by atoms with Crippen molar-refractivity contribution >= 4 is 23.1 Å². The molecule has 1 radical (unpaired) electrons. The summed E-state index contributed by atoms with van der Waals surface area (Å²) in [6.45, 7) is 1.87. The van der Waals surface area contributed by atoms with Crippen LogP contribution in [0.4, 0.5) is 26.3 Å². The van der Waals surface area contributed by atoms with Gasteiger partial charge in [-0.2, -0.15) is 26.3 Å². The zero-order valence-electron chi connectivity index (χ0n) is 10.6. The monoisotopic (exact) mass is 371 g/mol. The van der Waals surface area contributed by atoms with Crippen molar-refractivity contribution in [3.63, 3.8) is 0 Å². The normalized spacial score (nSPS) is 10.7. The summed E-state index contributed by atoms with van der Waals surface area (Å²) in [6.07, 6.45) is -11.8. The third kappa shape index (κ3) is 15.0. The van der Waals surface area contributed by atoms with Crippen molar-refractivity contribution in [1.29, 1.82) is 0 Å². The molecular weight excluding hydrogens is 362 g/mol. The van der Waals surface area contributed by atoms with Crippen molar-refractivity contribution in [3.8, 4) is 0 Å². The van der Waals surface area contributed by atoms with Gasteiger partial charge in [0, 0.05) is 0 Å². The van der Waals surface area contributed by atoms with E-state index >= 15 is 0 Å². The molecule has 0 aromatic rings. The molecule has 0 saturated heterocycles. The van der Waals surface area contributed by atoms with Crippen LogP contribution in [0.1, 0.15) is 26.7 Å². The van der Waals surface area contributed by atoms with E-state index in [4.69, 9.17) is 0 Å². The minimum Gasteiger partial charge on any atom is -0.300 e. The maximum Gasteiger partial charge on any atom is 2.00 e. The topological polar surface area (TPSA) is 68.3 Å². The summed E-state index contributed by atoms with van der Waals surface area (Å²) in [5, 5.41) is 0. The second-order valence-electron chi connectivity index (χ2n) is 3.60. The fraction of sp³-hybridized carbons (Fsp3) is 0.600. The molecule has 0 aromatic heterocycles. The molecule has 11 heteroatoms. The summed E-state index contributed by atoms with van der Waals surface area (Å²) in [6, 6.07) is 0. The first-order chi connectivity index (χ1) is 8.67. The molecule has 0 aliphatic carbocycles. The van der Waals surface area contributed by atoms with Crippen molar-refractivity contribution in [2.24, 2.45) is 0 Å². The Labute approximate surface area is 125 Å². The standard InChI is InChI=1S/2C5H5F3O2.Cu/c2*1-3(9)2-4(10)5(6,7)8;/h2*2H2,1H3;/q;;+2. The molecule has 4 nitrogen and oxygen atoms in total. The van der Waals surface area contributed by atoms with E-state index in [0.717, 1.165) is 13.8 Å². The smallest absolute Gasteiger partial charge is 0.300 e. The largest absolute Gasteiger partial charge is 2.00 e. The fourth-order valence-electron chi connectivity index (χ4n) is 0.653. The quantitative estimate of drug-likeness (QED) is 0.431. The molecule has 0 atom stereocenters. The summed E-state index contributed by atoms with van der Waals surface area (Å²) in [5.41, 5.74) is 0. The van der Waals surface area contributed by atoms with Gasteiger partial charge in [0.25, 0.3) is 0 Å². The molecule has 0 amide bonds. The molecule has 0 fully saturated rings. The minimum atomic E-state index is -4.87. The third-order valence-corrected chi connectivity index (χ3v) is 1.45. The first kappa shape index (κ1) is 24.8. The van der Waals surface area contributed by atoms with E-state index in [-0.39, 0.29) is 17.1 Å². The molecule has 125 valence electrons. The molecular formula is C10H10CuF6O4+2. The van der Waals surface area contributed by atoms with E-state index in [9.17, 15) is 45.5 Å². The summed E-state index contributed by atoms with van der Waals surface area (Å²) in [4.78, 5) is 39.8. The Morgan fingerprint density at radius 2 is 0.857 bits per heavy atom. The van der Waals surface area contributed by atoms with Gasteiger partial charge in [-0.05, 0) is 13.8 Å². The Morgan fingerprint density at radius 1 is 0.667 bits per heavy atom. The van der Waals surface area contributed by atoms with Gasteiger partial charge in [0.05, 0.1) is 12.8 Å². The molecule has 0 saturated carbocycles.